The zero-order valence-electron chi connectivity index (χ0n) is 9.86. The fourth-order valence-electron chi connectivity index (χ4n) is 1.72. The number of rotatable bonds is 5. The van der Waals surface area contributed by atoms with Gasteiger partial charge in [0.05, 0.1) is 4.92 Å². The third-order valence-electron chi connectivity index (χ3n) is 2.44. The fraction of sp³-hybridized carbons (Fsp3) is 0.545. The van der Waals surface area contributed by atoms with Gasteiger partial charge in [0, 0.05) is 24.2 Å². The summed E-state index contributed by atoms with van der Waals surface area (Å²) in [6, 6.07) is 1.86. The van der Waals surface area contributed by atoms with Crippen LogP contribution in [0.1, 0.15) is 25.1 Å². The van der Waals surface area contributed by atoms with Crippen LogP contribution in [0.3, 0.4) is 0 Å². The molecule has 0 saturated heterocycles. The number of nitrogens with zero attached hydrogens (tertiary/aromatic N) is 2. The first-order valence-electron chi connectivity index (χ1n) is 5.38. The molecular formula is C11H17N3O2. The second-order valence-corrected chi connectivity index (χ2v) is 3.84. The van der Waals surface area contributed by atoms with E-state index < -0.39 is 0 Å². The second-order valence-electron chi connectivity index (χ2n) is 3.84. The van der Waals surface area contributed by atoms with Gasteiger partial charge in [-0.2, -0.15) is 0 Å². The molecule has 5 nitrogen and oxygen atoms in total. The van der Waals surface area contributed by atoms with Gasteiger partial charge in [-0.15, -0.1) is 0 Å². The van der Waals surface area contributed by atoms with Crippen LogP contribution in [0.5, 0.6) is 0 Å². The predicted octanol–water partition coefficient (Wildman–Crippen LogP) is 1.84. The van der Waals surface area contributed by atoms with Gasteiger partial charge in [-0.3, -0.25) is 15.1 Å². The molecule has 1 N–H and O–H groups in total. The van der Waals surface area contributed by atoms with Crippen LogP contribution in [-0.2, 0) is 6.42 Å². The molecule has 0 amide bonds. The van der Waals surface area contributed by atoms with Gasteiger partial charge in [0.25, 0.3) is 5.69 Å². The number of hydrogen-bond acceptors (Lipinski definition) is 4. The fourth-order valence-corrected chi connectivity index (χ4v) is 1.72. The standard InChI is InChI=1S/C11H17N3O2/c1-4-12-9(3)7-10-11(14(15)16)8(2)5-6-13-10/h5-6,9,12H,4,7H2,1-3H3. The lowest BCUT2D eigenvalue weighted by atomic mass is 10.1. The molecule has 0 spiro atoms. The molecular weight excluding hydrogens is 206 g/mol. The average Bonchev–Trinajstić information content (AvgIpc) is 2.17. The Morgan fingerprint density at radius 1 is 1.62 bits per heavy atom. The minimum atomic E-state index is -0.351. The monoisotopic (exact) mass is 223 g/mol. The topological polar surface area (TPSA) is 68.1 Å². The molecule has 0 bridgehead atoms. The smallest absolute Gasteiger partial charge is 0.293 e. The summed E-state index contributed by atoms with van der Waals surface area (Å²) in [5, 5.41) is 14.1. The van der Waals surface area contributed by atoms with Crippen LogP contribution in [0.4, 0.5) is 5.69 Å². The van der Waals surface area contributed by atoms with E-state index in [0.717, 1.165) is 6.54 Å². The third kappa shape index (κ3) is 3.00. The van der Waals surface area contributed by atoms with E-state index in [1.165, 1.54) is 0 Å². The highest BCUT2D eigenvalue weighted by atomic mass is 16.6. The van der Waals surface area contributed by atoms with Crippen molar-refractivity contribution in [2.45, 2.75) is 33.2 Å². The molecule has 1 aromatic heterocycles. The zero-order valence-corrected chi connectivity index (χ0v) is 9.86. The Bertz CT molecular complexity index is 379. The van der Waals surface area contributed by atoms with E-state index in [2.05, 4.69) is 10.3 Å². The van der Waals surface area contributed by atoms with Crippen LogP contribution in [0.15, 0.2) is 12.3 Å². The SMILES string of the molecule is CCNC(C)Cc1nccc(C)c1[N+](=O)[O-]. The number of nitro groups is 1. The highest BCUT2D eigenvalue weighted by Gasteiger charge is 2.19. The molecule has 16 heavy (non-hydrogen) atoms. The maximum atomic E-state index is 10.9. The summed E-state index contributed by atoms with van der Waals surface area (Å²) in [7, 11) is 0. The van der Waals surface area contributed by atoms with E-state index >= 15 is 0 Å². The summed E-state index contributed by atoms with van der Waals surface area (Å²) < 4.78 is 0. The minimum absolute atomic E-state index is 0.146. The van der Waals surface area contributed by atoms with Gasteiger partial charge in [-0.1, -0.05) is 6.92 Å². The molecule has 1 aromatic rings. The van der Waals surface area contributed by atoms with Crippen LogP contribution in [0.25, 0.3) is 0 Å². The molecule has 1 rings (SSSR count). The summed E-state index contributed by atoms with van der Waals surface area (Å²) in [6.45, 7) is 6.59. The Morgan fingerprint density at radius 3 is 2.88 bits per heavy atom. The molecule has 0 radical (unpaired) electrons. The molecule has 0 aromatic carbocycles. The zero-order chi connectivity index (χ0) is 12.1. The lowest BCUT2D eigenvalue weighted by Crippen LogP contribution is -2.28. The first kappa shape index (κ1) is 12.6. The summed E-state index contributed by atoms with van der Waals surface area (Å²) in [6.07, 6.45) is 2.20. The van der Waals surface area contributed by atoms with Crippen LogP contribution >= 0.6 is 0 Å². The number of pyridine rings is 1. The molecule has 0 aliphatic rings. The highest BCUT2D eigenvalue weighted by Crippen LogP contribution is 2.21. The predicted molar refractivity (Wildman–Crippen MR) is 62.5 cm³/mol. The van der Waals surface area contributed by atoms with Crippen LogP contribution in [0.2, 0.25) is 0 Å². The molecule has 0 saturated carbocycles. The molecule has 88 valence electrons. The van der Waals surface area contributed by atoms with Crippen molar-refractivity contribution < 1.29 is 4.92 Å². The first-order chi connectivity index (χ1) is 7.56. The number of aromatic nitrogens is 1. The van der Waals surface area contributed by atoms with E-state index in [0.29, 0.717) is 17.7 Å². The van der Waals surface area contributed by atoms with Crippen molar-refractivity contribution in [3.8, 4) is 0 Å². The summed E-state index contributed by atoms with van der Waals surface area (Å²) in [5.41, 5.74) is 1.37. The molecule has 0 fully saturated rings. The average molecular weight is 223 g/mol. The Morgan fingerprint density at radius 2 is 2.31 bits per heavy atom. The molecule has 0 aliphatic heterocycles. The van der Waals surface area contributed by atoms with Crippen molar-refractivity contribution in [2.24, 2.45) is 0 Å². The second kappa shape index (κ2) is 5.55. The van der Waals surface area contributed by atoms with Gasteiger partial charge in [0.15, 0.2) is 0 Å². The quantitative estimate of drug-likeness (QED) is 0.611. The van der Waals surface area contributed by atoms with E-state index in [1.807, 2.05) is 13.8 Å². The van der Waals surface area contributed by atoms with Crippen molar-refractivity contribution >= 4 is 5.69 Å². The molecule has 0 aliphatic carbocycles. The summed E-state index contributed by atoms with van der Waals surface area (Å²) in [5.74, 6) is 0. The van der Waals surface area contributed by atoms with Gasteiger partial charge >= 0.3 is 0 Å². The highest BCUT2D eigenvalue weighted by molar-refractivity contribution is 5.43. The number of likely N-dealkylation sites (N-methyl/N-ethyl adjacent to an activating group) is 1. The third-order valence-corrected chi connectivity index (χ3v) is 2.44. The Hall–Kier alpha value is -1.49. The lowest BCUT2D eigenvalue weighted by molar-refractivity contribution is -0.386. The Kier molecular flexibility index (Phi) is 4.37. The van der Waals surface area contributed by atoms with Crippen LogP contribution < -0.4 is 5.32 Å². The van der Waals surface area contributed by atoms with Crippen molar-refractivity contribution in [3.63, 3.8) is 0 Å². The normalized spacial score (nSPS) is 12.4. The van der Waals surface area contributed by atoms with Gasteiger partial charge in [-0.05, 0) is 26.5 Å². The van der Waals surface area contributed by atoms with E-state index in [1.54, 1.807) is 19.2 Å². The minimum Gasteiger partial charge on any atom is -0.314 e. The molecule has 1 heterocycles. The summed E-state index contributed by atoms with van der Waals surface area (Å²) in [4.78, 5) is 14.7. The largest absolute Gasteiger partial charge is 0.314 e. The van der Waals surface area contributed by atoms with Gasteiger partial charge < -0.3 is 5.32 Å². The van der Waals surface area contributed by atoms with E-state index in [-0.39, 0.29) is 16.7 Å². The van der Waals surface area contributed by atoms with Crippen molar-refractivity contribution in [2.75, 3.05) is 6.54 Å². The Labute approximate surface area is 95.0 Å². The molecule has 1 atom stereocenters. The number of nitrogens with one attached hydrogen (secondary N) is 1. The number of hydrogen-bond donors (Lipinski definition) is 1. The maximum absolute atomic E-state index is 10.9. The van der Waals surface area contributed by atoms with E-state index in [9.17, 15) is 10.1 Å². The first-order valence-corrected chi connectivity index (χ1v) is 5.38. The van der Waals surface area contributed by atoms with Crippen molar-refractivity contribution in [3.05, 3.63) is 33.6 Å². The van der Waals surface area contributed by atoms with Crippen molar-refractivity contribution in [1.29, 1.82) is 0 Å². The van der Waals surface area contributed by atoms with Gasteiger partial charge in [-0.25, -0.2) is 0 Å². The molecule has 5 heteroatoms. The van der Waals surface area contributed by atoms with Gasteiger partial charge in [0.2, 0.25) is 0 Å². The van der Waals surface area contributed by atoms with Crippen molar-refractivity contribution in [1.82, 2.24) is 10.3 Å². The van der Waals surface area contributed by atoms with Crippen LogP contribution in [-0.4, -0.2) is 22.5 Å². The maximum Gasteiger partial charge on any atom is 0.293 e. The van der Waals surface area contributed by atoms with Gasteiger partial charge in [0.1, 0.15) is 5.69 Å². The summed E-state index contributed by atoms with van der Waals surface area (Å²) >= 11 is 0. The molecule has 1 unspecified atom stereocenters. The number of aryl methyl sites for hydroxylation is 1. The lowest BCUT2D eigenvalue weighted by Gasteiger charge is -2.12. The van der Waals surface area contributed by atoms with Crippen LogP contribution in [0, 0.1) is 17.0 Å². The Balaban J connectivity index is 2.95. The van der Waals surface area contributed by atoms with E-state index in [4.69, 9.17) is 0 Å².